The van der Waals surface area contributed by atoms with Gasteiger partial charge >= 0.3 is 6.03 Å². The van der Waals surface area contributed by atoms with Crippen molar-refractivity contribution in [3.63, 3.8) is 0 Å². The van der Waals surface area contributed by atoms with E-state index in [9.17, 15) is 19.6 Å². The molecular weight excluding hydrogens is 594 g/mol. The van der Waals surface area contributed by atoms with E-state index < -0.39 is 48.7 Å². The number of hydrogen-bond acceptors (Lipinski definition) is 7. The predicted molar refractivity (Wildman–Crippen MR) is 167 cm³/mol. The zero-order valence-electron chi connectivity index (χ0n) is 27.0. The lowest BCUT2D eigenvalue weighted by Gasteiger charge is -2.60. The maximum absolute atomic E-state index is 16.6. The highest BCUT2D eigenvalue weighted by molar-refractivity contribution is 5.87. The zero-order chi connectivity index (χ0) is 32.7. The predicted octanol–water partition coefficient (Wildman–Crippen LogP) is 2.01. The average molecular weight is 645 g/mol. The molecule has 5 heterocycles. The van der Waals surface area contributed by atoms with Crippen LogP contribution in [0.15, 0.2) is 12.7 Å². The number of fused-ring (bicyclic) bond motifs is 5. The van der Waals surface area contributed by atoms with Crippen molar-refractivity contribution in [2.75, 3.05) is 26.2 Å². The molecule has 0 spiro atoms. The molecule has 1 aliphatic carbocycles. The Balaban J connectivity index is 1.39. The highest BCUT2D eigenvalue weighted by Crippen LogP contribution is 2.43. The van der Waals surface area contributed by atoms with Crippen molar-refractivity contribution in [2.45, 2.75) is 120 Å². The molecular formula is C33H50F2N8O3. The minimum atomic E-state index is -1.40. The van der Waals surface area contributed by atoms with Gasteiger partial charge in [-0.05, 0) is 63.0 Å². The Morgan fingerprint density at radius 2 is 1.91 bits per heavy atom. The number of carbonyl (C=O) groups excluding carboxylic acids is 3. The Hall–Kier alpha value is -2.82. The molecule has 4 N–H and O–H groups in total. The second-order valence-electron chi connectivity index (χ2n) is 14.6. The van der Waals surface area contributed by atoms with Crippen LogP contribution in [0.1, 0.15) is 65.2 Å². The normalized spacial score (nSPS) is 41.9. The number of alkyl halides is 2. The number of nitrogens with zero attached hydrogens (tertiary/aromatic N) is 4. The molecule has 5 saturated heterocycles. The number of halogens is 2. The first kappa shape index (κ1) is 33.1. The molecule has 6 fully saturated rings. The van der Waals surface area contributed by atoms with Crippen LogP contribution in [0.25, 0.3) is 0 Å². The van der Waals surface area contributed by atoms with Crippen LogP contribution in [0, 0.1) is 35.0 Å². The van der Waals surface area contributed by atoms with Crippen molar-refractivity contribution in [3.05, 3.63) is 12.7 Å². The van der Waals surface area contributed by atoms with Gasteiger partial charge in [-0.15, -0.1) is 0 Å². The van der Waals surface area contributed by atoms with Crippen LogP contribution < -0.4 is 21.3 Å². The molecule has 6 rings (SSSR count). The lowest BCUT2D eigenvalue weighted by Crippen LogP contribution is -2.80. The van der Waals surface area contributed by atoms with E-state index in [1.807, 2.05) is 4.90 Å². The molecule has 11 nitrogen and oxygen atoms in total. The first-order valence-corrected chi connectivity index (χ1v) is 17.3. The minimum Gasteiger partial charge on any atom is -0.353 e. The topological polar surface area (TPSA) is 133 Å². The van der Waals surface area contributed by atoms with Crippen LogP contribution >= 0.6 is 0 Å². The van der Waals surface area contributed by atoms with Gasteiger partial charge in [0.25, 0.3) is 0 Å². The second-order valence-corrected chi connectivity index (χ2v) is 14.6. The summed E-state index contributed by atoms with van der Waals surface area (Å²) in [5.41, 5.74) is 0. The summed E-state index contributed by atoms with van der Waals surface area (Å²) < 4.78 is 32.4. The summed E-state index contributed by atoms with van der Waals surface area (Å²) in [7, 11) is 0. The highest BCUT2D eigenvalue weighted by atomic mass is 19.1. The molecule has 4 amide bonds. The third kappa shape index (κ3) is 6.13. The minimum absolute atomic E-state index is 0.0409. The molecule has 0 aromatic heterocycles. The van der Waals surface area contributed by atoms with Crippen molar-refractivity contribution < 1.29 is 23.2 Å². The van der Waals surface area contributed by atoms with Gasteiger partial charge in [-0.25, -0.2) is 13.6 Å². The third-order valence-corrected chi connectivity index (χ3v) is 11.7. The van der Waals surface area contributed by atoms with Gasteiger partial charge in [-0.2, -0.15) is 5.26 Å². The Bertz CT molecular complexity index is 1220. The van der Waals surface area contributed by atoms with E-state index in [1.165, 1.54) is 6.08 Å². The average Bonchev–Trinajstić information content (AvgIpc) is 3.03. The van der Waals surface area contributed by atoms with Crippen LogP contribution in [0.2, 0.25) is 0 Å². The zero-order valence-corrected chi connectivity index (χ0v) is 27.0. The molecule has 254 valence electrons. The van der Waals surface area contributed by atoms with E-state index in [-0.39, 0.29) is 66.9 Å². The monoisotopic (exact) mass is 644 g/mol. The quantitative estimate of drug-likeness (QED) is 0.345. The molecule has 0 aromatic carbocycles. The number of piperidine rings is 2. The maximum atomic E-state index is 16.6. The van der Waals surface area contributed by atoms with Gasteiger partial charge in [0.2, 0.25) is 11.8 Å². The van der Waals surface area contributed by atoms with Gasteiger partial charge in [-0.3, -0.25) is 19.8 Å². The highest BCUT2D eigenvalue weighted by Gasteiger charge is 2.57. The van der Waals surface area contributed by atoms with E-state index in [0.29, 0.717) is 45.3 Å². The van der Waals surface area contributed by atoms with E-state index in [0.717, 1.165) is 13.0 Å². The third-order valence-electron chi connectivity index (χ3n) is 11.7. The fourth-order valence-electron chi connectivity index (χ4n) is 9.61. The first-order chi connectivity index (χ1) is 22.1. The summed E-state index contributed by atoms with van der Waals surface area (Å²) in [4.78, 5) is 45.9. The second kappa shape index (κ2) is 13.7. The molecule has 2 bridgehead atoms. The number of rotatable bonds is 4. The standard InChI is InChI=1S/C33H50F2N8O3/c1-4-26(45)42-15-14-41(17-20(42)10-12-36)31-21-16-23(35)29-27-22(34)6-5-7-24(27)38-25(44)9-8-19-11-13-37-28(18(2)3)30(19)43(32(21)39-29)33(46)40-31/h4,18-24,27-32,37,39H,1,5-11,13-17H2,2-3H3,(H,38,44)(H,40,46)/t19?,20-,21?,22?,23?,24?,27?,28?,29?,30?,31?,32?/m0/s1. The van der Waals surface area contributed by atoms with Gasteiger partial charge in [0.1, 0.15) is 12.3 Å². The Labute approximate surface area is 270 Å². The van der Waals surface area contributed by atoms with E-state index in [2.05, 4.69) is 52.7 Å². The SMILES string of the molecule is C=CC(=O)N1CCN(C2NC(=O)N3C4NC(C(F)CC24)C2C(F)CCCC2NC(=O)CCC2CCNC(C(C)C)C23)C[C@@H]1CC#N. The van der Waals surface area contributed by atoms with Crippen LogP contribution in [-0.2, 0) is 9.59 Å². The van der Waals surface area contributed by atoms with Gasteiger partial charge in [0.15, 0.2) is 0 Å². The fourth-order valence-corrected chi connectivity index (χ4v) is 9.61. The number of piperazine rings is 1. The lowest BCUT2D eigenvalue weighted by molar-refractivity contribution is -0.134. The van der Waals surface area contributed by atoms with E-state index in [4.69, 9.17) is 0 Å². The number of hydrogen-bond donors (Lipinski definition) is 4. The molecule has 6 aliphatic rings. The molecule has 0 radical (unpaired) electrons. The molecule has 13 heteroatoms. The molecule has 0 aromatic rings. The van der Waals surface area contributed by atoms with Crippen LogP contribution in [0.5, 0.6) is 0 Å². The maximum Gasteiger partial charge on any atom is 0.320 e. The first-order valence-electron chi connectivity index (χ1n) is 17.3. The summed E-state index contributed by atoms with van der Waals surface area (Å²) in [5, 5.41) is 23.1. The van der Waals surface area contributed by atoms with Gasteiger partial charge in [-0.1, -0.05) is 20.4 Å². The summed E-state index contributed by atoms with van der Waals surface area (Å²) in [6.07, 6.45) is 0.959. The van der Waals surface area contributed by atoms with Crippen LogP contribution in [-0.4, -0.2) is 114 Å². The largest absolute Gasteiger partial charge is 0.353 e. The summed E-state index contributed by atoms with van der Waals surface area (Å²) in [6.45, 7) is 9.80. The Morgan fingerprint density at radius 3 is 2.65 bits per heavy atom. The Morgan fingerprint density at radius 1 is 1.11 bits per heavy atom. The molecule has 11 unspecified atom stereocenters. The van der Waals surface area contributed by atoms with Crippen LogP contribution in [0.3, 0.4) is 0 Å². The number of carbonyl (C=O) groups is 3. The molecule has 5 aliphatic heterocycles. The molecule has 46 heavy (non-hydrogen) atoms. The fraction of sp³-hybridized carbons (Fsp3) is 0.818. The number of nitriles is 1. The Kier molecular flexibility index (Phi) is 9.88. The molecule has 1 saturated carbocycles. The summed E-state index contributed by atoms with van der Waals surface area (Å²) >= 11 is 0. The summed E-state index contributed by atoms with van der Waals surface area (Å²) in [6, 6.07) is -0.101. The number of urea groups is 1. The van der Waals surface area contributed by atoms with Crippen molar-refractivity contribution in [3.8, 4) is 6.07 Å². The lowest BCUT2D eigenvalue weighted by atomic mass is 9.71. The van der Waals surface area contributed by atoms with Gasteiger partial charge < -0.3 is 25.8 Å². The van der Waals surface area contributed by atoms with E-state index in [1.54, 1.807) is 4.90 Å². The molecule has 12 atom stereocenters. The number of nitrogens with one attached hydrogen (secondary N) is 4. The van der Waals surface area contributed by atoms with Gasteiger partial charge in [0, 0.05) is 56.0 Å². The van der Waals surface area contributed by atoms with Crippen molar-refractivity contribution >= 4 is 17.8 Å². The summed E-state index contributed by atoms with van der Waals surface area (Å²) in [5.74, 6) is -1.25. The van der Waals surface area contributed by atoms with E-state index >= 15 is 8.78 Å². The number of amides is 4. The van der Waals surface area contributed by atoms with Gasteiger partial charge in [0.05, 0.1) is 36.9 Å². The van der Waals surface area contributed by atoms with Crippen LogP contribution in [0.4, 0.5) is 13.6 Å². The van der Waals surface area contributed by atoms with Crippen molar-refractivity contribution in [1.29, 1.82) is 5.26 Å². The van der Waals surface area contributed by atoms with Crippen molar-refractivity contribution in [2.24, 2.45) is 23.7 Å². The van der Waals surface area contributed by atoms with Crippen molar-refractivity contribution in [1.82, 2.24) is 36.0 Å². The smallest absolute Gasteiger partial charge is 0.320 e.